The number of hydrogen-bond donors (Lipinski definition) is 0. The monoisotopic (exact) mass is 405 g/mol. The lowest BCUT2D eigenvalue weighted by Gasteiger charge is -2.27. The average molecular weight is 406 g/mol. The number of fused-ring (bicyclic) bond motifs is 3. The van der Waals surface area contributed by atoms with Crippen LogP contribution in [-0.4, -0.2) is 0 Å². The normalized spacial score (nSPS) is 12.4. The van der Waals surface area contributed by atoms with E-state index in [0.717, 1.165) is 55.7 Å². The maximum Gasteiger partial charge on any atom is 0.159 e. The third-order valence-corrected chi connectivity index (χ3v) is 5.60. The van der Waals surface area contributed by atoms with Crippen molar-refractivity contribution >= 4 is 33.3 Å². The van der Waals surface area contributed by atoms with E-state index in [-0.39, 0.29) is 0 Å². The Bertz CT molecular complexity index is 1340. The van der Waals surface area contributed by atoms with E-state index in [1.807, 2.05) is 31.2 Å². The molecule has 154 valence electrons. The molecule has 0 unspecified atom stereocenters. The lowest BCUT2D eigenvalue weighted by molar-refractivity contribution is 0.665. The van der Waals surface area contributed by atoms with Crippen LogP contribution in [0.5, 0.6) is 0 Å². The summed E-state index contributed by atoms with van der Waals surface area (Å²) in [4.78, 5) is 2.17. The molecule has 0 aliphatic heterocycles. The third kappa shape index (κ3) is 3.85. The molecular weight excluding hydrogens is 378 g/mol. The van der Waals surface area contributed by atoms with Crippen LogP contribution in [0.1, 0.15) is 19.4 Å². The maximum atomic E-state index is 6.43. The summed E-state index contributed by atoms with van der Waals surface area (Å²) in [6.45, 7) is 14.5. The molecule has 1 heterocycles. The first-order valence-electron chi connectivity index (χ1n) is 10.4. The van der Waals surface area contributed by atoms with Crippen molar-refractivity contribution in [1.29, 1.82) is 0 Å². The largest absolute Gasteiger partial charge is 0.454 e. The molecule has 0 atom stereocenters. The van der Waals surface area contributed by atoms with Crippen molar-refractivity contribution in [3.05, 3.63) is 121 Å². The lowest BCUT2D eigenvalue weighted by Crippen LogP contribution is -2.16. The second kappa shape index (κ2) is 8.53. The van der Waals surface area contributed by atoms with Crippen molar-refractivity contribution in [1.82, 2.24) is 0 Å². The van der Waals surface area contributed by atoms with Gasteiger partial charge in [-0.2, -0.15) is 0 Å². The highest BCUT2D eigenvalue weighted by Gasteiger charge is 2.20. The molecule has 4 aromatic rings. The van der Waals surface area contributed by atoms with Crippen LogP contribution in [0.2, 0.25) is 0 Å². The fourth-order valence-corrected chi connectivity index (χ4v) is 3.74. The SMILES string of the molecule is C=C/C(C)=C/C=C(\C)C(=C)N(c1ccccc1)c1cccc2c1oc1c(C)cccc12. The van der Waals surface area contributed by atoms with Crippen molar-refractivity contribution in [3.8, 4) is 0 Å². The molecule has 0 saturated carbocycles. The van der Waals surface area contributed by atoms with E-state index in [1.54, 1.807) is 0 Å². The van der Waals surface area contributed by atoms with Crippen LogP contribution < -0.4 is 4.90 Å². The van der Waals surface area contributed by atoms with Crippen LogP contribution in [0.15, 0.2) is 119 Å². The highest BCUT2D eigenvalue weighted by Crippen LogP contribution is 2.41. The predicted molar refractivity (Wildman–Crippen MR) is 134 cm³/mol. The van der Waals surface area contributed by atoms with Crippen LogP contribution in [0, 0.1) is 6.92 Å². The summed E-state index contributed by atoms with van der Waals surface area (Å²) >= 11 is 0. The van der Waals surface area contributed by atoms with E-state index in [1.165, 1.54) is 0 Å². The van der Waals surface area contributed by atoms with Gasteiger partial charge in [-0.25, -0.2) is 0 Å². The van der Waals surface area contributed by atoms with Gasteiger partial charge in [-0.3, -0.25) is 0 Å². The molecule has 0 bridgehead atoms. The molecule has 0 aliphatic rings. The molecule has 0 radical (unpaired) electrons. The van der Waals surface area contributed by atoms with Crippen molar-refractivity contribution in [2.75, 3.05) is 4.90 Å². The van der Waals surface area contributed by atoms with Gasteiger partial charge in [0.25, 0.3) is 0 Å². The summed E-state index contributed by atoms with van der Waals surface area (Å²) in [5, 5.41) is 2.24. The Morgan fingerprint density at radius 1 is 0.839 bits per heavy atom. The fraction of sp³-hybridized carbons (Fsp3) is 0.103. The van der Waals surface area contributed by atoms with Crippen LogP contribution >= 0.6 is 0 Å². The predicted octanol–water partition coefficient (Wildman–Crippen LogP) is 8.62. The molecule has 2 heteroatoms. The highest BCUT2D eigenvalue weighted by molar-refractivity contribution is 6.10. The van der Waals surface area contributed by atoms with E-state index in [2.05, 4.69) is 92.6 Å². The van der Waals surface area contributed by atoms with Gasteiger partial charge in [-0.15, -0.1) is 0 Å². The molecule has 0 amide bonds. The second-order valence-corrected chi connectivity index (χ2v) is 7.79. The minimum absolute atomic E-state index is 0.863. The van der Waals surface area contributed by atoms with Crippen molar-refractivity contribution in [2.24, 2.45) is 0 Å². The van der Waals surface area contributed by atoms with E-state index >= 15 is 0 Å². The Kier molecular flexibility index (Phi) is 5.64. The number of rotatable bonds is 6. The molecule has 1 aromatic heterocycles. The number of hydrogen-bond acceptors (Lipinski definition) is 2. The minimum Gasteiger partial charge on any atom is -0.454 e. The van der Waals surface area contributed by atoms with E-state index in [4.69, 9.17) is 4.42 Å². The zero-order valence-electron chi connectivity index (χ0n) is 18.4. The molecule has 0 spiro atoms. The molecule has 3 aromatic carbocycles. The molecular formula is C29H27NO. The molecule has 2 nitrogen and oxygen atoms in total. The summed E-state index contributed by atoms with van der Waals surface area (Å²) in [6.07, 6.45) is 5.99. The highest BCUT2D eigenvalue weighted by atomic mass is 16.3. The van der Waals surface area contributed by atoms with E-state index in [9.17, 15) is 0 Å². The first-order chi connectivity index (χ1) is 15.0. The summed E-state index contributed by atoms with van der Waals surface area (Å²) in [5.74, 6) is 0. The van der Waals surface area contributed by atoms with Gasteiger partial charge in [0.15, 0.2) is 5.58 Å². The zero-order valence-corrected chi connectivity index (χ0v) is 18.4. The number of para-hydroxylation sites is 3. The van der Waals surface area contributed by atoms with Crippen LogP contribution in [0.3, 0.4) is 0 Å². The Labute approximate surface area is 184 Å². The zero-order chi connectivity index (χ0) is 22.0. The molecule has 0 saturated heterocycles. The molecule has 0 N–H and O–H groups in total. The summed E-state index contributed by atoms with van der Waals surface area (Å²) in [7, 11) is 0. The van der Waals surface area contributed by atoms with Gasteiger partial charge in [0.2, 0.25) is 0 Å². The fourth-order valence-electron chi connectivity index (χ4n) is 3.74. The van der Waals surface area contributed by atoms with Gasteiger partial charge >= 0.3 is 0 Å². The molecule has 0 fully saturated rings. The minimum atomic E-state index is 0.863. The van der Waals surface area contributed by atoms with E-state index in [0.29, 0.717) is 0 Å². The second-order valence-electron chi connectivity index (χ2n) is 7.79. The Morgan fingerprint density at radius 3 is 2.23 bits per heavy atom. The van der Waals surface area contributed by atoms with Crippen LogP contribution in [-0.2, 0) is 0 Å². The van der Waals surface area contributed by atoms with Crippen molar-refractivity contribution in [2.45, 2.75) is 20.8 Å². The summed E-state index contributed by atoms with van der Waals surface area (Å²) < 4.78 is 6.43. The first-order valence-corrected chi connectivity index (χ1v) is 10.4. The van der Waals surface area contributed by atoms with Gasteiger partial charge in [-0.05, 0) is 50.1 Å². The van der Waals surface area contributed by atoms with Crippen molar-refractivity contribution < 1.29 is 4.42 Å². The van der Waals surface area contributed by atoms with Gasteiger partial charge in [0.05, 0.1) is 5.69 Å². The standard InChI is InChI=1S/C29H27NO/c1-6-20(2)18-19-21(3)23(5)30(24-13-8-7-9-14-24)27-17-11-16-26-25-15-10-12-22(4)28(25)31-29(26)27/h6-19H,1,5H2,2-4H3/b20-18+,21-19+. The topological polar surface area (TPSA) is 16.4 Å². The van der Waals surface area contributed by atoms with Gasteiger partial charge in [0, 0.05) is 22.2 Å². The summed E-state index contributed by atoms with van der Waals surface area (Å²) in [6, 6.07) is 22.9. The number of furan rings is 1. The first kappa shape index (κ1) is 20.5. The van der Waals surface area contributed by atoms with Gasteiger partial charge in [-0.1, -0.05) is 85.5 Å². The number of allylic oxidation sites excluding steroid dienone is 5. The van der Waals surface area contributed by atoms with E-state index < -0.39 is 0 Å². The average Bonchev–Trinajstić information content (AvgIpc) is 3.19. The number of aryl methyl sites for hydroxylation is 1. The Morgan fingerprint density at radius 2 is 1.52 bits per heavy atom. The summed E-state index contributed by atoms with van der Waals surface area (Å²) in [5.41, 5.74) is 8.00. The van der Waals surface area contributed by atoms with Crippen molar-refractivity contribution in [3.63, 3.8) is 0 Å². The van der Waals surface area contributed by atoms with Crippen LogP contribution in [0.25, 0.3) is 21.9 Å². The Hall–Kier alpha value is -3.78. The molecule has 0 aliphatic carbocycles. The third-order valence-electron chi connectivity index (χ3n) is 5.60. The Balaban J connectivity index is 1.94. The molecule has 4 rings (SSSR count). The van der Waals surface area contributed by atoms with Crippen LogP contribution in [0.4, 0.5) is 11.4 Å². The van der Waals surface area contributed by atoms with Gasteiger partial charge < -0.3 is 9.32 Å². The number of nitrogens with zero attached hydrogens (tertiary/aromatic N) is 1. The number of benzene rings is 3. The maximum absolute atomic E-state index is 6.43. The smallest absolute Gasteiger partial charge is 0.159 e. The van der Waals surface area contributed by atoms with Gasteiger partial charge in [0.1, 0.15) is 5.58 Å². The number of anilines is 2. The lowest BCUT2D eigenvalue weighted by atomic mass is 10.1. The quantitative estimate of drug-likeness (QED) is 0.298. The molecule has 31 heavy (non-hydrogen) atoms.